The summed E-state index contributed by atoms with van der Waals surface area (Å²) >= 11 is 0. The SMILES string of the molecule is COc1cc(-c2ncnc(-c3cccnc3C(F)(F)F)n2)cc([N+](=O)[O-])c1OC. The van der Waals surface area contributed by atoms with Crippen LogP contribution in [-0.2, 0) is 6.18 Å². The summed E-state index contributed by atoms with van der Waals surface area (Å²) in [5.41, 5.74) is -1.79. The maximum Gasteiger partial charge on any atom is 0.434 e. The Labute approximate surface area is 161 Å². The smallest absolute Gasteiger partial charge is 0.434 e. The monoisotopic (exact) mass is 407 g/mol. The molecular formula is C17H12F3N5O4. The molecule has 0 aliphatic carbocycles. The van der Waals surface area contributed by atoms with E-state index >= 15 is 0 Å². The lowest BCUT2D eigenvalue weighted by Gasteiger charge is -2.12. The molecule has 0 bridgehead atoms. The van der Waals surface area contributed by atoms with Crippen molar-refractivity contribution in [3.05, 3.63) is 52.6 Å². The van der Waals surface area contributed by atoms with Crippen molar-refractivity contribution in [2.45, 2.75) is 6.18 Å². The summed E-state index contributed by atoms with van der Waals surface area (Å²) in [6.07, 6.45) is -2.70. The molecule has 29 heavy (non-hydrogen) atoms. The van der Waals surface area contributed by atoms with Crippen LogP contribution < -0.4 is 9.47 Å². The van der Waals surface area contributed by atoms with Gasteiger partial charge in [0.1, 0.15) is 6.33 Å². The number of rotatable bonds is 5. The van der Waals surface area contributed by atoms with E-state index in [4.69, 9.17) is 9.47 Å². The maximum absolute atomic E-state index is 13.2. The van der Waals surface area contributed by atoms with Crippen LogP contribution in [0.4, 0.5) is 18.9 Å². The lowest BCUT2D eigenvalue weighted by molar-refractivity contribution is -0.385. The van der Waals surface area contributed by atoms with Crippen LogP contribution in [-0.4, -0.2) is 39.1 Å². The first-order chi connectivity index (χ1) is 13.8. The highest BCUT2D eigenvalue weighted by molar-refractivity contribution is 5.70. The standard InChI is InChI=1S/C17H12F3N5O4/c1-28-12-7-9(6-11(25(26)27)13(12)29-2)15-22-8-23-16(24-15)10-4-3-5-21-14(10)17(18,19)20/h3-8H,1-2H3. The van der Waals surface area contributed by atoms with Gasteiger partial charge in [0.05, 0.1) is 24.7 Å². The number of pyridine rings is 1. The molecule has 0 unspecified atom stereocenters. The highest BCUT2D eigenvalue weighted by Crippen LogP contribution is 2.40. The van der Waals surface area contributed by atoms with E-state index < -0.39 is 22.5 Å². The second-order valence-electron chi connectivity index (χ2n) is 5.52. The summed E-state index contributed by atoms with van der Waals surface area (Å²) in [5, 5.41) is 11.4. The molecule has 0 saturated carbocycles. The Bertz CT molecular complexity index is 1080. The van der Waals surface area contributed by atoms with Gasteiger partial charge in [-0.05, 0) is 18.2 Å². The van der Waals surface area contributed by atoms with Crippen molar-refractivity contribution in [1.29, 1.82) is 0 Å². The van der Waals surface area contributed by atoms with Crippen LogP contribution in [0.1, 0.15) is 5.69 Å². The van der Waals surface area contributed by atoms with E-state index in [0.717, 1.165) is 18.6 Å². The lowest BCUT2D eigenvalue weighted by Crippen LogP contribution is -2.11. The zero-order valence-electron chi connectivity index (χ0n) is 15.0. The minimum Gasteiger partial charge on any atom is -0.493 e. The summed E-state index contributed by atoms with van der Waals surface area (Å²) in [5.74, 6) is -0.443. The number of nitro groups is 1. The van der Waals surface area contributed by atoms with E-state index in [1.165, 1.54) is 32.4 Å². The Kier molecular flexibility index (Phi) is 5.26. The molecule has 0 fully saturated rings. The molecular weight excluding hydrogens is 395 g/mol. The number of methoxy groups -OCH3 is 2. The first kappa shape index (κ1) is 19.9. The second-order valence-corrected chi connectivity index (χ2v) is 5.52. The van der Waals surface area contributed by atoms with E-state index in [-0.39, 0.29) is 34.3 Å². The van der Waals surface area contributed by atoms with Crippen molar-refractivity contribution < 1.29 is 27.6 Å². The van der Waals surface area contributed by atoms with E-state index in [0.29, 0.717) is 0 Å². The van der Waals surface area contributed by atoms with Gasteiger partial charge in [0.15, 0.2) is 23.1 Å². The zero-order valence-corrected chi connectivity index (χ0v) is 15.0. The van der Waals surface area contributed by atoms with E-state index in [1.54, 1.807) is 0 Å². The predicted molar refractivity (Wildman–Crippen MR) is 93.3 cm³/mol. The first-order valence-electron chi connectivity index (χ1n) is 7.88. The third-order valence-electron chi connectivity index (χ3n) is 3.80. The number of nitro benzene ring substituents is 1. The summed E-state index contributed by atoms with van der Waals surface area (Å²) in [7, 11) is 2.53. The first-order valence-corrected chi connectivity index (χ1v) is 7.88. The largest absolute Gasteiger partial charge is 0.493 e. The van der Waals surface area contributed by atoms with Crippen molar-refractivity contribution in [3.8, 4) is 34.3 Å². The van der Waals surface area contributed by atoms with Crippen LogP contribution in [0.25, 0.3) is 22.8 Å². The van der Waals surface area contributed by atoms with Crippen molar-refractivity contribution >= 4 is 5.69 Å². The van der Waals surface area contributed by atoms with Gasteiger partial charge in [-0.25, -0.2) is 15.0 Å². The van der Waals surface area contributed by atoms with Gasteiger partial charge in [-0.3, -0.25) is 15.1 Å². The Morgan fingerprint density at radius 1 is 1.07 bits per heavy atom. The number of aromatic nitrogens is 4. The average molecular weight is 407 g/mol. The third-order valence-corrected chi connectivity index (χ3v) is 3.80. The molecule has 0 atom stereocenters. The molecule has 0 spiro atoms. The normalized spacial score (nSPS) is 11.2. The van der Waals surface area contributed by atoms with Crippen molar-refractivity contribution in [2.24, 2.45) is 0 Å². The number of hydrogen-bond acceptors (Lipinski definition) is 8. The van der Waals surface area contributed by atoms with Crippen LogP contribution in [0.15, 0.2) is 36.8 Å². The van der Waals surface area contributed by atoms with Gasteiger partial charge in [0.2, 0.25) is 5.75 Å². The maximum atomic E-state index is 13.2. The average Bonchev–Trinajstić information content (AvgIpc) is 2.72. The van der Waals surface area contributed by atoms with E-state index in [1.807, 2.05) is 0 Å². The van der Waals surface area contributed by atoms with Gasteiger partial charge < -0.3 is 9.47 Å². The Morgan fingerprint density at radius 3 is 2.41 bits per heavy atom. The molecule has 0 radical (unpaired) electrons. The Balaban J connectivity index is 2.17. The fraction of sp³-hybridized carbons (Fsp3) is 0.176. The molecule has 2 aromatic heterocycles. The molecule has 3 aromatic rings. The number of halogens is 3. The fourth-order valence-electron chi connectivity index (χ4n) is 2.59. The molecule has 0 amide bonds. The van der Waals surface area contributed by atoms with Gasteiger partial charge in [-0.15, -0.1) is 0 Å². The molecule has 12 heteroatoms. The number of ether oxygens (including phenoxy) is 2. The molecule has 150 valence electrons. The Morgan fingerprint density at radius 2 is 1.79 bits per heavy atom. The number of nitrogens with zero attached hydrogens (tertiary/aromatic N) is 5. The van der Waals surface area contributed by atoms with Crippen LogP contribution >= 0.6 is 0 Å². The number of benzene rings is 1. The van der Waals surface area contributed by atoms with Gasteiger partial charge in [0, 0.05) is 17.8 Å². The quantitative estimate of drug-likeness (QED) is 0.466. The molecule has 0 saturated heterocycles. The van der Waals surface area contributed by atoms with E-state index in [2.05, 4.69) is 19.9 Å². The fourth-order valence-corrected chi connectivity index (χ4v) is 2.59. The molecule has 0 aliphatic heterocycles. The summed E-state index contributed by atoms with van der Waals surface area (Å²) in [6, 6.07) is 4.99. The number of alkyl halides is 3. The zero-order chi connectivity index (χ0) is 21.2. The van der Waals surface area contributed by atoms with Crippen molar-refractivity contribution in [3.63, 3.8) is 0 Å². The summed E-state index contributed by atoms with van der Waals surface area (Å²) < 4.78 is 49.8. The van der Waals surface area contributed by atoms with E-state index in [9.17, 15) is 23.3 Å². The second kappa shape index (κ2) is 7.66. The Hall–Kier alpha value is -3.83. The molecule has 9 nitrogen and oxygen atoms in total. The highest BCUT2D eigenvalue weighted by atomic mass is 19.4. The van der Waals surface area contributed by atoms with Crippen molar-refractivity contribution in [1.82, 2.24) is 19.9 Å². The molecule has 0 aliphatic rings. The number of hydrogen-bond donors (Lipinski definition) is 0. The molecule has 0 N–H and O–H groups in total. The van der Waals surface area contributed by atoms with Crippen LogP contribution in [0, 0.1) is 10.1 Å². The predicted octanol–water partition coefficient (Wildman–Crippen LogP) is 3.54. The summed E-state index contributed by atoms with van der Waals surface area (Å²) in [4.78, 5) is 25.8. The van der Waals surface area contributed by atoms with Crippen LogP contribution in [0.2, 0.25) is 0 Å². The molecule has 3 rings (SSSR count). The molecule has 1 aromatic carbocycles. The van der Waals surface area contributed by atoms with Gasteiger partial charge >= 0.3 is 11.9 Å². The molecule has 2 heterocycles. The lowest BCUT2D eigenvalue weighted by atomic mass is 10.1. The van der Waals surface area contributed by atoms with Crippen molar-refractivity contribution in [2.75, 3.05) is 14.2 Å². The minimum atomic E-state index is -4.72. The third kappa shape index (κ3) is 3.90. The van der Waals surface area contributed by atoms with Crippen LogP contribution in [0.3, 0.4) is 0 Å². The van der Waals surface area contributed by atoms with Gasteiger partial charge in [-0.1, -0.05) is 0 Å². The van der Waals surface area contributed by atoms with Gasteiger partial charge in [-0.2, -0.15) is 13.2 Å². The summed E-state index contributed by atoms with van der Waals surface area (Å²) in [6.45, 7) is 0. The highest BCUT2D eigenvalue weighted by Gasteiger charge is 2.36. The van der Waals surface area contributed by atoms with Crippen LogP contribution in [0.5, 0.6) is 11.5 Å². The minimum absolute atomic E-state index is 0.0380. The topological polar surface area (TPSA) is 113 Å². The van der Waals surface area contributed by atoms with Gasteiger partial charge in [0.25, 0.3) is 0 Å².